The van der Waals surface area contributed by atoms with Crippen LogP contribution in [-0.2, 0) is 9.47 Å². The molecule has 2 fully saturated rings. The maximum absolute atomic E-state index is 5.53. The lowest BCUT2D eigenvalue weighted by molar-refractivity contribution is 0.138. The molecule has 2 nitrogen and oxygen atoms in total. The Morgan fingerprint density at radius 3 is 1.82 bits per heavy atom. The average Bonchev–Trinajstić information content (AvgIpc) is 2.60. The molecule has 0 aromatic carbocycles. The van der Waals surface area contributed by atoms with E-state index in [1.165, 1.54) is 25.7 Å². The molecule has 2 aliphatic rings. The van der Waals surface area contributed by atoms with Crippen LogP contribution in [0.2, 0.25) is 0 Å². The van der Waals surface area contributed by atoms with Gasteiger partial charge >= 0.3 is 0 Å². The van der Waals surface area contributed by atoms with Gasteiger partial charge in [-0.2, -0.15) is 0 Å². The van der Waals surface area contributed by atoms with Crippen molar-refractivity contribution in [3.8, 4) is 0 Å². The highest BCUT2D eigenvalue weighted by Crippen LogP contribution is 2.17. The average molecular weight is 154 g/mol. The molecule has 0 radical (unpaired) electrons. The molecule has 0 aliphatic carbocycles. The second-order valence-corrected chi connectivity index (χ2v) is 3.51. The van der Waals surface area contributed by atoms with Gasteiger partial charge < -0.3 is 9.47 Å². The van der Waals surface area contributed by atoms with E-state index in [1.807, 2.05) is 0 Å². The van der Waals surface area contributed by atoms with Gasteiger partial charge in [0.15, 0.2) is 7.28 Å². The Hall–Kier alpha value is -0.0151. The third-order valence-electron chi connectivity index (χ3n) is 2.57. The minimum Gasteiger partial charge on any atom is -0.387 e. The van der Waals surface area contributed by atoms with Crippen molar-refractivity contribution in [1.82, 2.24) is 0 Å². The summed E-state index contributed by atoms with van der Waals surface area (Å²) in [6.07, 6.45) is 4.99. The summed E-state index contributed by atoms with van der Waals surface area (Å²) < 4.78 is 11.1. The van der Waals surface area contributed by atoms with Crippen LogP contribution in [0.1, 0.15) is 25.7 Å². The van der Waals surface area contributed by atoms with E-state index in [0.29, 0.717) is 12.0 Å². The van der Waals surface area contributed by atoms with E-state index in [2.05, 4.69) is 0 Å². The van der Waals surface area contributed by atoms with Crippen LogP contribution in [-0.4, -0.2) is 32.5 Å². The second kappa shape index (κ2) is 3.59. The van der Waals surface area contributed by atoms with Crippen LogP contribution in [0.3, 0.4) is 0 Å². The summed E-state index contributed by atoms with van der Waals surface area (Å²) in [4.78, 5) is 0. The van der Waals surface area contributed by atoms with Crippen LogP contribution in [0.5, 0.6) is 0 Å². The van der Waals surface area contributed by atoms with Crippen LogP contribution >= 0.6 is 0 Å². The van der Waals surface area contributed by atoms with E-state index < -0.39 is 0 Å². The minimum atomic E-state index is 0.512. The fraction of sp³-hybridized carbons (Fsp3) is 1.00. The third kappa shape index (κ3) is 1.97. The third-order valence-corrected chi connectivity index (χ3v) is 2.57. The van der Waals surface area contributed by atoms with Crippen molar-refractivity contribution >= 4 is 7.28 Å². The highest BCUT2D eigenvalue weighted by molar-refractivity contribution is 6.39. The Bertz CT molecular complexity index is 103. The Kier molecular flexibility index (Phi) is 2.49. The lowest BCUT2D eigenvalue weighted by Crippen LogP contribution is -2.27. The zero-order valence-corrected chi connectivity index (χ0v) is 6.92. The number of hydrogen-bond acceptors (Lipinski definition) is 2. The molecule has 0 saturated carbocycles. The van der Waals surface area contributed by atoms with Crippen molar-refractivity contribution in [2.24, 2.45) is 0 Å². The fourth-order valence-electron chi connectivity index (χ4n) is 1.95. The first-order valence-corrected chi connectivity index (χ1v) is 4.68. The summed E-state index contributed by atoms with van der Waals surface area (Å²) in [7, 11) is 1.14. The first kappa shape index (κ1) is 7.62. The number of rotatable bonds is 2. The fourth-order valence-corrected chi connectivity index (χ4v) is 1.95. The molecule has 0 amide bonds. The van der Waals surface area contributed by atoms with E-state index in [1.54, 1.807) is 0 Å². The van der Waals surface area contributed by atoms with Crippen molar-refractivity contribution < 1.29 is 9.47 Å². The Morgan fingerprint density at radius 2 is 1.45 bits per heavy atom. The summed E-state index contributed by atoms with van der Waals surface area (Å²) in [5.74, 6) is 0. The van der Waals surface area contributed by atoms with E-state index in [4.69, 9.17) is 9.47 Å². The second-order valence-electron chi connectivity index (χ2n) is 3.51. The molecule has 0 spiro atoms. The summed E-state index contributed by atoms with van der Waals surface area (Å²) in [5.41, 5.74) is 0. The maximum atomic E-state index is 5.53. The van der Waals surface area contributed by atoms with Gasteiger partial charge in [0.25, 0.3) is 0 Å². The van der Waals surface area contributed by atoms with Gasteiger partial charge in [0.1, 0.15) is 0 Å². The molecule has 3 heteroatoms. The molecular formula is C8H15BO2. The first-order chi connectivity index (χ1) is 5.45. The Labute approximate surface area is 68.5 Å². The SMILES string of the molecule is B(C1CCCO1)C1CCCO1. The first-order valence-electron chi connectivity index (χ1n) is 4.68. The number of ether oxygens (including phenoxy) is 2. The van der Waals surface area contributed by atoms with Crippen LogP contribution in [0, 0.1) is 0 Å². The molecule has 0 bridgehead atoms. The van der Waals surface area contributed by atoms with Crippen LogP contribution in [0.25, 0.3) is 0 Å². The summed E-state index contributed by atoms with van der Waals surface area (Å²) in [6.45, 7) is 1.94. The van der Waals surface area contributed by atoms with Crippen molar-refractivity contribution in [1.29, 1.82) is 0 Å². The molecule has 2 heterocycles. The minimum absolute atomic E-state index is 0.512. The molecule has 2 atom stereocenters. The van der Waals surface area contributed by atoms with Gasteiger partial charge in [-0.1, -0.05) is 0 Å². The highest BCUT2D eigenvalue weighted by Gasteiger charge is 2.25. The maximum Gasteiger partial charge on any atom is 0.193 e. The van der Waals surface area contributed by atoms with E-state index in [9.17, 15) is 0 Å². The van der Waals surface area contributed by atoms with E-state index in [0.717, 1.165) is 20.5 Å². The van der Waals surface area contributed by atoms with Gasteiger partial charge in [0.2, 0.25) is 0 Å². The molecule has 11 heavy (non-hydrogen) atoms. The van der Waals surface area contributed by atoms with Crippen molar-refractivity contribution in [3.63, 3.8) is 0 Å². The zero-order valence-electron chi connectivity index (χ0n) is 6.92. The predicted molar refractivity (Wildman–Crippen MR) is 45.1 cm³/mol. The predicted octanol–water partition coefficient (Wildman–Crippen LogP) is 0.696. The molecular weight excluding hydrogens is 139 g/mol. The normalized spacial score (nSPS) is 37.8. The molecule has 2 saturated heterocycles. The van der Waals surface area contributed by atoms with Gasteiger partial charge in [0, 0.05) is 25.2 Å². The van der Waals surface area contributed by atoms with Gasteiger partial charge in [-0.3, -0.25) is 0 Å². The van der Waals surface area contributed by atoms with Crippen molar-refractivity contribution in [3.05, 3.63) is 0 Å². The Morgan fingerprint density at radius 1 is 0.909 bits per heavy atom. The highest BCUT2D eigenvalue weighted by atomic mass is 16.5. The summed E-state index contributed by atoms with van der Waals surface area (Å²) >= 11 is 0. The molecule has 0 aromatic rings. The molecule has 0 N–H and O–H groups in total. The van der Waals surface area contributed by atoms with Crippen molar-refractivity contribution in [2.75, 3.05) is 13.2 Å². The van der Waals surface area contributed by atoms with Gasteiger partial charge in [-0.05, 0) is 25.7 Å². The Balaban J connectivity index is 1.71. The van der Waals surface area contributed by atoms with Crippen LogP contribution in [0.4, 0.5) is 0 Å². The molecule has 2 aliphatic heterocycles. The van der Waals surface area contributed by atoms with Gasteiger partial charge in [-0.25, -0.2) is 0 Å². The monoisotopic (exact) mass is 154 g/mol. The molecule has 2 unspecified atom stereocenters. The molecule has 0 aromatic heterocycles. The van der Waals surface area contributed by atoms with Crippen LogP contribution < -0.4 is 0 Å². The lowest BCUT2D eigenvalue weighted by Gasteiger charge is -2.12. The largest absolute Gasteiger partial charge is 0.387 e. The van der Waals surface area contributed by atoms with E-state index >= 15 is 0 Å². The standard InChI is InChI=1S/C8H15BO2/c1-3-7(10-5-1)9-8-4-2-6-11-8/h7-9H,1-6H2. The molecule has 2 rings (SSSR count). The smallest absolute Gasteiger partial charge is 0.193 e. The lowest BCUT2D eigenvalue weighted by atomic mass is 9.64. The summed E-state index contributed by atoms with van der Waals surface area (Å²) in [5, 5.41) is 0. The van der Waals surface area contributed by atoms with E-state index in [-0.39, 0.29) is 0 Å². The van der Waals surface area contributed by atoms with Crippen molar-refractivity contribution in [2.45, 2.75) is 37.7 Å². The topological polar surface area (TPSA) is 18.5 Å². The van der Waals surface area contributed by atoms with Crippen LogP contribution in [0.15, 0.2) is 0 Å². The van der Waals surface area contributed by atoms with Gasteiger partial charge in [-0.15, -0.1) is 0 Å². The molecule has 62 valence electrons. The summed E-state index contributed by atoms with van der Waals surface area (Å²) in [6, 6.07) is 1.02. The van der Waals surface area contributed by atoms with Gasteiger partial charge in [0.05, 0.1) is 0 Å². The number of hydrogen-bond donors (Lipinski definition) is 0. The zero-order chi connectivity index (χ0) is 7.52. The quantitative estimate of drug-likeness (QED) is 0.545.